The minimum absolute atomic E-state index is 0.0965. The first-order chi connectivity index (χ1) is 26.9. The molecule has 1 aliphatic rings. The van der Waals surface area contributed by atoms with Crippen molar-refractivity contribution in [3.8, 4) is 23.0 Å². The highest BCUT2D eigenvalue weighted by atomic mass is 16.5. The van der Waals surface area contributed by atoms with Crippen LogP contribution in [0, 0.1) is 0 Å². The molecule has 0 heterocycles. The van der Waals surface area contributed by atoms with Gasteiger partial charge in [0.1, 0.15) is 45.8 Å². The van der Waals surface area contributed by atoms with Gasteiger partial charge in [0.25, 0.3) is 11.8 Å². The lowest BCUT2D eigenvalue weighted by Gasteiger charge is -2.26. The van der Waals surface area contributed by atoms with Crippen LogP contribution in [0.25, 0.3) is 0 Å². The molecule has 288 valence electrons. The van der Waals surface area contributed by atoms with E-state index in [1.54, 1.807) is 60.7 Å². The first kappa shape index (κ1) is 39.6. The highest BCUT2D eigenvalue weighted by molar-refractivity contribution is 6.28. The summed E-state index contributed by atoms with van der Waals surface area (Å²) in [6.45, 7) is 2.29. The maximum absolute atomic E-state index is 14.3. The van der Waals surface area contributed by atoms with E-state index in [-0.39, 0.29) is 45.7 Å². The summed E-state index contributed by atoms with van der Waals surface area (Å²) >= 11 is 0. The maximum atomic E-state index is 14.3. The Morgan fingerprint density at radius 2 is 0.732 bits per heavy atom. The molecule has 0 unspecified atom stereocenters. The van der Waals surface area contributed by atoms with Crippen molar-refractivity contribution in [3.63, 3.8) is 0 Å². The third kappa shape index (κ3) is 8.77. The number of carbonyl (C=O) groups is 6. The van der Waals surface area contributed by atoms with Crippen LogP contribution in [0.15, 0.2) is 108 Å². The molecular weight excluding hydrogens is 724 g/mol. The Morgan fingerprint density at radius 3 is 1.04 bits per heavy atom. The molecule has 0 aliphatic heterocycles. The molecule has 0 atom stereocenters. The molecule has 0 fully saturated rings. The molecule has 0 saturated carbocycles. The lowest BCUT2D eigenvalue weighted by molar-refractivity contribution is -0.122. The molecule has 1 aliphatic carbocycles. The molecule has 4 amide bonds. The largest absolute Gasteiger partial charge is 0.494 e. The quantitative estimate of drug-likeness (QED) is 0.0974. The number of benzene rings is 4. The van der Waals surface area contributed by atoms with E-state index in [1.807, 2.05) is 0 Å². The van der Waals surface area contributed by atoms with Gasteiger partial charge in [-0.3, -0.25) is 28.8 Å². The Morgan fingerprint density at radius 1 is 0.429 bits per heavy atom. The van der Waals surface area contributed by atoms with Crippen LogP contribution in [0.1, 0.15) is 34.6 Å². The van der Waals surface area contributed by atoms with Crippen molar-refractivity contribution in [1.82, 2.24) is 10.6 Å². The van der Waals surface area contributed by atoms with Gasteiger partial charge < -0.3 is 50.8 Å². The fourth-order valence-corrected chi connectivity index (χ4v) is 5.56. The SMILES string of the molecule is COc1cc(NC2=C(NC(C)=O)C(=O)C(Nc3cc(OC)c(NC(=O)c4ccccc4)cc3OC)=C(NC(C)=O)C2=O)c(OC)cc1NC(=O)c1ccccc1. The number of hydrogen-bond donors (Lipinski definition) is 6. The van der Waals surface area contributed by atoms with Crippen molar-refractivity contribution in [2.45, 2.75) is 13.8 Å². The van der Waals surface area contributed by atoms with Crippen molar-refractivity contribution < 1.29 is 47.7 Å². The summed E-state index contributed by atoms with van der Waals surface area (Å²) in [5, 5.41) is 16.1. The molecule has 16 heteroatoms. The average molecular weight is 763 g/mol. The van der Waals surface area contributed by atoms with Crippen molar-refractivity contribution in [2.24, 2.45) is 0 Å². The molecule has 0 saturated heterocycles. The molecule has 56 heavy (non-hydrogen) atoms. The fraction of sp³-hybridized carbons (Fsp3) is 0.150. The zero-order valence-corrected chi connectivity index (χ0v) is 31.2. The van der Waals surface area contributed by atoms with E-state index < -0.39 is 58.0 Å². The summed E-state index contributed by atoms with van der Waals surface area (Å²) in [4.78, 5) is 79.6. The van der Waals surface area contributed by atoms with Gasteiger partial charge in [-0.15, -0.1) is 0 Å². The van der Waals surface area contributed by atoms with Crippen LogP contribution >= 0.6 is 0 Å². The normalized spacial score (nSPS) is 12.3. The van der Waals surface area contributed by atoms with Gasteiger partial charge in [0.15, 0.2) is 0 Å². The highest BCUT2D eigenvalue weighted by Crippen LogP contribution is 2.40. The number of nitrogens with one attached hydrogen (secondary N) is 6. The molecule has 4 aromatic rings. The first-order valence-electron chi connectivity index (χ1n) is 16.8. The summed E-state index contributed by atoms with van der Waals surface area (Å²) in [6, 6.07) is 22.7. The second-order valence-electron chi connectivity index (χ2n) is 11.9. The molecule has 4 aromatic carbocycles. The minimum Gasteiger partial charge on any atom is -0.494 e. The van der Waals surface area contributed by atoms with Crippen LogP contribution in [0.4, 0.5) is 22.7 Å². The monoisotopic (exact) mass is 762 g/mol. The van der Waals surface area contributed by atoms with E-state index in [2.05, 4.69) is 31.9 Å². The fourth-order valence-electron chi connectivity index (χ4n) is 5.56. The Bertz CT molecular complexity index is 2130. The molecule has 0 radical (unpaired) electrons. The van der Waals surface area contributed by atoms with E-state index in [0.29, 0.717) is 11.1 Å². The summed E-state index contributed by atoms with van der Waals surface area (Å²) in [5.41, 5.74) is -0.380. The third-order valence-corrected chi connectivity index (χ3v) is 8.14. The van der Waals surface area contributed by atoms with E-state index in [0.717, 1.165) is 13.8 Å². The lowest BCUT2D eigenvalue weighted by atomic mass is 9.97. The smallest absolute Gasteiger partial charge is 0.255 e. The molecule has 16 nitrogen and oxygen atoms in total. The van der Waals surface area contributed by atoms with E-state index >= 15 is 0 Å². The molecule has 6 N–H and O–H groups in total. The van der Waals surface area contributed by atoms with Gasteiger partial charge in [-0.05, 0) is 24.3 Å². The number of ether oxygens (including phenoxy) is 4. The van der Waals surface area contributed by atoms with Gasteiger partial charge in [-0.1, -0.05) is 36.4 Å². The lowest BCUT2D eigenvalue weighted by Crippen LogP contribution is -2.42. The topological polar surface area (TPSA) is 212 Å². The number of rotatable bonds is 14. The molecule has 5 rings (SSSR count). The van der Waals surface area contributed by atoms with Gasteiger partial charge in [-0.25, -0.2) is 0 Å². The van der Waals surface area contributed by atoms with Crippen molar-refractivity contribution >= 4 is 57.9 Å². The number of hydrogen-bond acceptors (Lipinski definition) is 12. The summed E-state index contributed by atoms with van der Waals surface area (Å²) in [6.07, 6.45) is 0. The van der Waals surface area contributed by atoms with Gasteiger partial charge in [0.2, 0.25) is 23.4 Å². The molecule has 0 aromatic heterocycles. The maximum Gasteiger partial charge on any atom is 0.255 e. The second kappa shape index (κ2) is 17.5. The zero-order valence-electron chi connectivity index (χ0n) is 31.2. The Balaban J connectivity index is 1.55. The molecule has 0 bridgehead atoms. The number of methoxy groups -OCH3 is 4. The number of Topliss-reactive ketones (excluding diaryl/α,β-unsaturated/α-hetero) is 2. The third-order valence-electron chi connectivity index (χ3n) is 8.14. The number of ketones is 2. The second-order valence-corrected chi connectivity index (χ2v) is 11.9. The highest BCUT2D eigenvalue weighted by Gasteiger charge is 2.37. The first-order valence-corrected chi connectivity index (χ1v) is 16.8. The van der Waals surface area contributed by atoms with Gasteiger partial charge >= 0.3 is 0 Å². The van der Waals surface area contributed by atoms with Crippen LogP contribution in [-0.4, -0.2) is 63.6 Å². The summed E-state index contributed by atoms with van der Waals surface area (Å²) in [5.74, 6) is -3.55. The van der Waals surface area contributed by atoms with Crippen molar-refractivity contribution in [2.75, 3.05) is 49.7 Å². The predicted molar refractivity (Wildman–Crippen MR) is 207 cm³/mol. The Hall–Kier alpha value is -7.62. The minimum atomic E-state index is -0.911. The van der Waals surface area contributed by atoms with Crippen LogP contribution in [0.2, 0.25) is 0 Å². The Kier molecular flexibility index (Phi) is 12.3. The number of anilines is 4. The van der Waals surface area contributed by atoms with Gasteiger partial charge in [0.05, 0.1) is 51.2 Å². The van der Waals surface area contributed by atoms with Crippen molar-refractivity contribution in [3.05, 3.63) is 119 Å². The van der Waals surface area contributed by atoms with Crippen LogP contribution in [0.5, 0.6) is 23.0 Å². The van der Waals surface area contributed by atoms with Crippen molar-refractivity contribution in [1.29, 1.82) is 0 Å². The standard InChI is InChI=1S/C40H38N6O10/c1-21(47)41-33-35(43-25-17-31(55-5)27(19-29(25)53-3)45-39(51)23-13-9-7-10-14-23)38(50)34(42-22(2)48)36(37(33)49)44-26-18-32(56-6)28(20-30(26)54-4)46-40(52)24-15-11-8-12-16-24/h7-20,43-44H,1-6H3,(H,41,47)(H,42,48)(H,45,51)(H,46,52). The van der Waals surface area contributed by atoms with Gasteiger partial charge in [0, 0.05) is 49.2 Å². The van der Waals surface area contributed by atoms with E-state index in [4.69, 9.17) is 18.9 Å². The zero-order chi connectivity index (χ0) is 40.5. The average Bonchev–Trinajstić information content (AvgIpc) is 3.20. The van der Waals surface area contributed by atoms with Crippen LogP contribution < -0.4 is 50.8 Å². The Labute approximate surface area is 321 Å². The van der Waals surface area contributed by atoms with E-state index in [9.17, 15) is 28.8 Å². The van der Waals surface area contributed by atoms with E-state index in [1.165, 1.54) is 52.7 Å². The van der Waals surface area contributed by atoms with Crippen LogP contribution in [0.3, 0.4) is 0 Å². The molecule has 0 spiro atoms. The number of amides is 4. The predicted octanol–water partition coefficient (Wildman–Crippen LogP) is 4.60. The number of carbonyl (C=O) groups excluding carboxylic acids is 6. The van der Waals surface area contributed by atoms with Crippen LogP contribution in [-0.2, 0) is 19.2 Å². The molecular formula is C40H38N6O10. The van der Waals surface area contributed by atoms with Gasteiger partial charge in [-0.2, -0.15) is 0 Å². The summed E-state index contributed by atoms with van der Waals surface area (Å²) in [7, 11) is 5.42. The summed E-state index contributed by atoms with van der Waals surface area (Å²) < 4.78 is 22.2.